The molecule has 3 aromatic rings. The zero-order valence-electron chi connectivity index (χ0n) is 20.2. The molecule has 1 saturated heterocycles. The summed E-state index contributed by atoms with van der Waals surface area (Å²) in [4.78, 5) is 23.9. The summed E-state index contributed by atoms with van der Waals surface area (Å²) in [5, 5.41) is 13.7. The number of aromatic nitrogens is 6. The van der Waals surface area contributed by atoms with Crippen LogP contribution in [0.5, 0.6) is 0 Å². The molecule has 35 heavy (non-hydrogen) atoms. The van der Waals surface area contributed by atoms with E-state index in [9.17, 15) is 13.6 Å². The molecule has 0 bridgehead atoms. The van der Waals surface area contributed by atoms with Crippen molar-refractivity contribution >= 4 is 28.7 Å². The maximum Gasteiger partial charge on any atom is 0.281 e. The van der Waals surface area contributed by atoms with Gasteiger partial charge in [-0.2, -0.15) is 4.98 Å². The number of fused-ring (bicyclic) bond motifs is 1. The highest BCUT2D eigenvalue weighted by atomic mass is 19.3. The van der Waals surface area contributed by atoms with E-state index in [0.29, 0.717) is 50.8 Å². The van der Waals surface area contributed by atoms with Crippen LogP contribution in [-0.4, -0.2) is 68.8 Å². The number of alkyl halides is 2. The lowest BCUT2D eigenvalue weighted by Gasteiger charge is -2.31. The largest absolute Gasteiger partial charge is 0.385 e. The van der Waals surface area contributed by atoms with Crippen LogP contribution in [-0.2, 0) is 30.2 Å². The average Bonchev–Trinajstić information content (AvgIpc) is 3.42. The number of halogens is 2. The lowest BCUT2D eigenvalue weighted by molar-refractivity contribution is -0.125. The van der Waals surface area contributed by atoms with E-state index in [-0.39, 0.29) is 29.8 Å². The van der Waals surface area contributed by atoms with Crippen molar-refractivity contribution in [3.63, 3.8) is 0 Å². The third-order valence-electron chi connectivity index (χ3n) is 6.25. The van der Waals surface area contributed by atoms with Crippen LogP contribution in [0, 0.1) is 5.92 Å². The van der Waals surface area contributed by atoms with Crippen molar-refractivity contribution in [3.8, 4) is 0 Å². The molecule has 190 valence electrons. The van der Waals surface area contributed by atoms with Crippen LogP contribution in [0.25, 0.3) is 11.0 Å². The van der Waals surface area contributed by atoms with Gasteiger partial charge in [-0.05, 0) is 25.3 Å². The Bertz CT molecular complexity index is 1160. The van der Waals surface area contributed by atoms with Crippen LogP contribution in [0.3, 0.4) is 0 Å². The Morgan fingerprint density at radius 2 is 2.03 bits per heavy atom. The lowest BCUT2D eigenvalue weighted by atomic mass is 9.96. The number of piperidine rings is 1. The second-order valence-corrected chi connectivity index (χ2v) is 8.63. The summed E-state index contributed by atoms with van der Waals surface area (Å²) in [7, 11) is 4.96. The minimum Gasteiger partial charge on any atom is -0.385 e. The summed E-state index contributed by atoms with van der Waals surface area (Å²) in [6, 6.07) is 1.89. The summed E-state index contributed by atoms with van der Waals surface area (Å²) >= 11 is 0. The minimum atomic E-state index is -2.68. The maximum atomic E-state index is 13.4. The van der Waals surface area contributed by atoms with E-state index >= 15 is 0 Å². The molecule has 1 fully saturated rings. The molecule has 4 heterocycles. The number of ether oxygens (including phenoxy) is 1. The molecular formula is C22H31F2N9O2. The van der Waals surface area contributed by atoms with Gasteiger partial charge in [-0.25, -0.2) is 18.4 Å². The molecule has 0 aromatic carbocycles. The second kappa shape index (κ2) is 10.9. The smallest absolute Gasteiger partial charge is 0.281 e. The standard InChI is InChI=1S/C22H31F2N9O2/c1-31-9-7-15-18(31)20(26-13-16-17(19(23)24)32(2)30-29-16)28-22(27-15)33-10-5-14(6-11-33)21(34)25-8-4-12-35-3/h7,9,14,19H,4-6,8,10-13H2,1-3H3,(H,25,34)(H,26,27,28). The molecule has 13 heteroatoms. The quantitative estimate of drug-likeness (QED) is 0.414. The summed E-state index contributed by atoms with van der Waals surface area (Å²) < 4.78 is 34.8. The molecule has 2 N–H and O–H groups in total. The number of amides is 1. The van der Waals surface area contributed by atoms with E-state index in [4.69, 9.17) is 14.7 Å². The molecule has 3 aromatic heterocycles. The first-order valence-electron chi connectivity index (χ1n) is 11.6. The Hall–Kier alpha value is -3.35. The van der Waals surface area contributed by atoms with Crippen molar-refractivity contribution in [2.24, 2.45) is 20.0 Å². The Kier molecular flexibility index (Phi) is 7.73. The zero-order chi connectivity index (χ0) is 24.9. The highest BCUT2D eigenvalue weighted by Crippen LogP contribution is 2.28. The van der Waals surface area contributed by atoms with Crippen molar-refractivity contribution in [2.45, 2.75) is 32.2 Å². The third kappa shape index (κ3) is 5.50. The van der Waals surface area contributed by atoms with Gasteiger partial charge in [0.05, 0.1) is 12.1 Å². The maximum absolute atomic E-state index is 13.4. The van der Waals surface area contributed by atoms with Crippen molar-refractivity contribution in [3.05, 3.63) is 23.7 Å². The van der Waals surface area contributed by atoms with E-state index in [2.05, 4.69) is 25.8 Å². The molecule has 11 nitrogen and oxygen atoms in total. The molecule has 0 radical (unpaired) electrons. The van der Waals surface area contributed by atoms with Gasteiger partial charge in [-0.1, -0.05) is 5.21 Å². The first-order chi connectivity index (χ1) is 16.9. The van der Waals surface area contributed by atoms with Crippen LogP contribution in [0.2, 0.25) is 0 Å². The van der Waals surface area contributed by atoms with E-state index in [1.807, 2.05) is 23.9 Å². The van der Waals surface area contributed by atoms with Gasteiger partial charge < -0.3 is 24.8 Å². The molecule has 0 atom stereocenters. The number of aryl methyl sites for hydroxylation is 2. The van der Waals surface area contributed by atoms with E-state index in [0.717, 1.165) is 22.1 Å². The van der Waals surface area contributed by atoms with E-state index < -0.39 is 6.43 Å². The lowest BCUT2D eigenvalue weighted by Crippen LogP contribution is -2.41. The van der Waals surface area contributed by atoms with Gasteiger partial charge in [0, 0.05) is 59.6 Å². The van der Waals surface area contributed by atoms with Crippen LogP contribution >= 0.6 is 0 Å². The molecule has 0 aliphatic carbocycles. The predicted octanol–water partition coefficient (Wildman–Crippen LogP) is 2.02. The molecule has 0 spiro atoms. The van der Waals surface area contributed by atoms with Crippen molar-refractivity contribution < 1.29 is 18.3 Å². The van der Waals surface area contributed by atoms with Gasteiger partial charge in [0.25, 0.3) is 6.43 Å². The number of hydrogen-bond acceptors (Lipinski definition) is 8. The fraction of sp³-hybridized carbons (Fsp3) is 0.591. The molecule has 4 rings (SSSR count). The van der Waals surface area contributed by atoms with E-state index in [1.165, 1.54) is 7.05 Å². The van der Waals surface area contributed by atoms with Crippen LogP contribution in [0.15, 0.2) is 12.3 Å². The molecular weight excluding hydrogens is 460 g/mol. The topological polar surface area (TPSA) is 115 Å². The third-order valence-corrected chi connectivity index (χ3v) is 6.25. The number of hydrogen-bond donors (Lipinski definition) is 2. The highest BCUT2D eigenvalue weighted by Gasteiger charge is 2.27. The van der Waals surface area contributed by atoms with Gasteiger partial charge in [-0.3, -0.25) is 4.79 Å². The van der Waals surface area contributed by atoms with Crippen molar-refractivity contribution in [1.82, 2.24) is 34.8 Å². The highest BCUT2D eigenvalue weighted by molar-refractivity contribution is 5.87. The summed E-state index contributed by atoms with van der Waals surface area (Å²) in [6.45, 7) is 2.57. The van der Waals surface area contributed by atoms with Gasteiger partial charge in [0.15, 0.2) is 5.82 Å². The van der Waals surface area contributed by atoms with Gasteiger partial charge in [-0.15, -0.1) is 5.10 Å². The minimum absolute atomic E-state index is 0.0451. The molecule has 0 saturated carbocycles. The summed E-state index contributed by atoms with van der Waals surface area (Å²) in [6.07, 6.45) is 1.39. The Balaban J connectivity index is 1.46. The SMILES string of the molecule is COCCCNC(=O)C1CCN(c2nc(NCc3nnn(C)c3C(F)F)c3c(ccn3C)n2)CC1. The van der Waals surface area contributed by atoms with Gasteiger partial charge in [0.2, 0.25) is 11.9 Å². The molecule has 1 aliphatic heterocycles. The van der Waals surface area contributed by atoms with Gasteiger partial charge >= 0.3 is 0 Å². The van der Waals surface area contributed by atoms with Crippen LogP contribution < -0.4 is 15.5 Å². The normalized spacial score (nSPS) is 14.7. The first-order valence-corrected chi connectivity index (χ1v) is 11.6. The second-order valence-electron chi connectivity index (χ2n) is 8.63. The average molecular weight is 492 g/mol. The fourth-order valence-corrected chi connectivity index (χ4v) is 4.33. The number of methoxy groups -OCH3 is 1. The molecule has 1 amide bonds. The number of nitrogens with one attached hydrogen (secondary N) is 2. The monoisotopic (exact) mass is 491 g/mol. The number of carbonyl (C=O) groups is 1. The number of nitrogens with zero attached hydrogens (tertiary/aromatic N) is 7. The summed E-state index contributed by atoms with van der Waals surface area (Å²) in [5.41, 5.74) is 1.45. The Morgan fingerprint density at radius 3 is 2.74 bits per heavy atom. The summed E-state index contributed by atoms with van der Waals surface area (Å²) in [5.74, 6) is 1.09. The fourth-order valence-electron chi connectivity index (χ4n) is 4.33. The molecule has 0 unspecified atom stereocenters. The van der Waals surface area contributed by atoms with Crippen LogP contribution in [0.4, 0.5) is 20.5 Å². The van der Waals surface area contributed by atoms with Gasteiger partial charge in [0.1, 0.15) is 16.9 Å². The van der Waals surface area contributed by atoms with Crippen molar-refractivity contribution in [1.29, 1.82) is 0 Å². The predicted molar refractivity (Wildman–Crippen MR) is 126 cm³/mol. The van der Waals surface area contributed by atoms with E-state index in [1.54, 1.807) is 7.11 Å². The Labute approximate surface area is 201 Å². The van der Waals surface area contributed by atoms with Crippen LogP contribution in [0.1, 0.15) is 37.1 Å². The first kappa shape index (κ1) is 24.8. The Morgan fingerprint density at radius 1 is 1.26 bits per heavy atom. The number of carbonyl (C=O) groups excluding carboxylic acids is 1. The number of anilines is 2. The molecule has 1 aliphatic rings. The number of rotatable bonds is 10. The zero-order valence-corrected chi connectivity index (χ0v) is 20.2. The van der Waals surface area contributed by atoms with Crippen molar-refractivity contribution in [2.75, 3.05) is 43.6 Å².